The van der Waals surface area contributed by atoms with Crippen molar-refractivity contribution in [3.05, 3.63) is 71.9 Å². The zero-order valence-corrected chi connectivity index (χ0v) is 19.4. The maximum Gasteiger partial charge on any atom is 0.410 e. The highest BCUT2D eigenvalue weighted by atomic mass is 32.2. The predicted molar refractivity (Wildman–Crippen MR) is 119 cm³/mol. The number of halogens is 1. The van der Waals surface area contributed by atoms with E-state index in [-0.39, 0.29) is 23.5 Å². The minimum Gasteiger partial charge on any atom is -0.444 e. The van der Waals surface area contributed by atoms with Gasteiger partial charge in [0.2, 0.25) is 0 Å². The van der Waals surface area contributed by atoms with Gasteiger partial charge in [-0.15, -0.1) is 0 Å². The maximum atomic E-state index is 14.4. The largest absolute Gasteiger partial charge is 0.444 e. The molecule has 0 saturated carbocycles. The highest BCUT2D eigenvalue weighted by Gasteiger charge is 2.27. The molecule has 172 valence electrons. The summed E-state index contributed by atoms with van der Waals surface area (Å²) in [6.45, 7) is 5.23. The molecule has 0 unspecified atom stereocenters. The summed E-state index contributed by atoms with van der Waals surface area (Å²) in [5.41, 5.74) is 0.119. The first kappa shape index (κ1) is 23.9. The number of nitriles is 1. The summed E-state index contributed by atoms with van der Waals surface area (Å²) in [5, 5.41) is 9.47. The van der Waals surface area contributed by atoms with Gasteiger partial charge in [-0.1, -0.05) is 12.1 Å². The van der Waals surface area contributed by atoms with Crippen molar-refractivity contribution in [2.45, 2.75) is 37.8 Å². The molecule has 1 aromatic carbocycles. The summed E-state index contributed by atoms with van der Waals surface area (Å²) >= 11 is 0. The number of hydrogen-bond acceptors (Lipinski definition) is 6. The first-order valence-corrected chi connectivity index (χ1v) is 11.4. The second-order valence-corrected chi connectivity index (χ2v) is 10.1. The van der Waals surface area contributed by atoms with Gasteiger partial charge in [-0.3, -0.25) is 0 Å². The molecule has 0 atom stereocenters. The van der Waals surface area contributed by atoms with Crippen molar-refractivity contribution < 1.29 is 22.3 Å². The summed E-state index contributed by atoms with van der Waals surface area (Å²) in [7, 11) is -2.85. The van der Waals surface area contributed by atoms with E-state index in [0.717, 1.165) is 16.1 Å². The van der Waals surface area contributed by atoms with Crippen LogP contribution in [0.1, 0.15) is 32.0 Å². The van der Waals surface area contributed by atoms with Gasteiger partial charge in [0.25, 0.3) is 10.0 Å². The summed E-state index contributed by atoms with van der Waals surface area (Å²) in [5.74, 6) is -0.906. The number of ether oxygens (including phenoxy) is 1. The highest BCUT2D eigenvalue weighted by Crippen LogP contribution is 2.30. The Morgan fingerprint density at radius 3 is 2.58 bits per heavy atom. The van der Waals surface area contributed by atoms with Gasteiger partial charge in [0.1, 0.15) is 28.1 Å². The lowest BCUT2D eigenvalue weighted by Crippen LogP contribution is -2.33. The highest BCUT2D eigenvalue weighted by molar-refractivity contribution is 7.90. The van der Waals surface area contributed by atoms with Gasteiger partial charge < -0.3 is 9.64 Å². The molecule has 0 aliphatic heterocycles. The molecule has 8 nitrogen and oxygen atoms in total. The molecule has 2 heterocycles. The van der Waals surface area contributed by atoms with Crippen LogP contribution in [-0.4, -0.2) is 41.0 Å². The van der Waals surface area contributed by atoms with Crippen LogP contribution in [0.25, 0.3) is 11.3 Å². The van der Waals surface area contributed by atoms with Crippen LogP contribution >= 0.6 is 0 Å². The van der Waals surface area contributed by atoms with Crippen molar-refractivity contribution in [1.82, 2.24) is 13.9 Å². The first-order chi connectivity index (χ1) is 15.4. The van der Waals surface area contributed by atoms with E-state index in [4.69, 9.17) is 4.74 Å². The monoisotopic (exact) mass is 470 g/mol. The van der Waals surface area contributed by atoms with Gasteiger partial charge in [-0.2, -0.15) is 5.26 Å². The van der Waals surface area contributed by atoms with Crippen LogP contribution in [-0.2, 0) is 21.3 Å². The number of amides is 1. The van der Waals surface area contributed by atoms with E-state index in [9.17, 15) is 22.9 Å². The van der Waals surface area contributed by atoms with Gasteiger partial charge in [-0.05, 0) is 56.7 Å². The van der Waals surface area contributed by atoms with E-state index in [1.165, 1.54) is 42.5 Å². The van der Waals surface area contributed by atoms with Gasteiger partial charge in [-0.25, -0.2) is 26.6 Å². The Morgan fingerprint density at radius 2 is 1.94 bits per heavy atom. The van der Waals surface area contributed by atoms with Crippen LogP contribution in [0, 0.1) is 17.1 Å². The summed E-state index contributed by atoms with van der Waals surface area (Å²) < 4.78 is 47.4. The topological polar surface area (TPSA) is 105 Å². The van der Waals surface area contributed by atoms with Crippen molar-refractivity contribution in [2.24, 2.45) is 0 Å². The number of carbonyl (C=O) groups excluding carboxylic acids is 1. The number of hydrogen-bond donors (Lipinski definition) is 0. The van der Waals surface area contributed by atoms with E-state index in [0.29, 0.717) is 5.56 Å². The van der Waals surface area contributed by atoms with Crippen LogP contribution in [0.5, 0.6) is 0 Å². The molecule has 33 heavy (non-hydrogen) atoms. The summed E-state index contributed by atoms with van der Waals surface area (Å²) in [6, 6.07) is 11.6. The standard InChI is InChI=1S/C23H23FN4O4S/c1-23(2,3)32-22(29)27(4)14-16-12-20(17-8-7-11-26-19(17)13-25)28(15-16)33(30,31)21-10-6-5-9-18(21)24/h5-12,15H,14H2,1-4H3. The van der Waals surface area contributed by atoms with Crippen LogP contribution < -0.4 is 0 Å². The Balaban J connectivity index is 2.13. The summed E-state index contributed by atoms with van der Waals surface area (Å²) in [6.07, 6.45) is 2.12. The quantitative estimate of drug-likeness (QED) is 0.554. The molecule has 10 heteroatoms. The fourth-order valence-electron chi connectivity index (χ4n) is 3.12. The molecule has 0 radical (unpaired) electrons. The van der Waals surface area contributed by atoms with Crippen LogP contribution in [0.4, 0.5) is 9.18 Å². The van der Waals surface area contributed by atoms with Crippen LogP contribution in [0.2, 0.25) is 0 Å². The van der Waals surface area contributed by atoms with Crippen molar-refractivity contribution >= 4 is 16.1 Å². The Kier molecular flexibility index (Phi) is 6.56. The van der Waals surface area contributed by atoms with Crippen molar-refractivity contribution in [1.29, 1.82) is 5.26 Å². The van der Waals surface area contributed by atoms with Crippen LogP contribution in [0.3, 0.4) is 0 Å². The molecule has 0 aliphatic carbocycles. The molecular weight excluding hydrogens is 447 g/mol. The van der Waals surface area contributed by atoms with E-state index in [1.807, 2.05) is 6.07 Å². The fourth-order valence-corrected chi connectivity index (χ4v) is 4.58. The average Bonchev–Trinajstić information content (AvgIpc) is 3.17. The Bertz CT molecular complexity index is 1340. The molecule has 0 aliphatic rings. The smallest absolute Gasteiger partial charge is 0.410 e. The zero-order chi connectivity index (χ0) is 24.4. The van der Waals surface area contributed by atoms with Crippen molar-refractivity contribution in [2.75, 3.05) is 7.05 Å². The minimum atomic E-state index is -4.37. The van der Waals surface area contributed by atoms with Crippen LogP contribution in [0.15, 0.2) is 59.8 Å². The second-order valence-electron chi connectivity index (χ2n) is 8.31. The van der Waals surface area contributed by atoms with Crippen molar-refractivity contribution in [3.8, 4) is 17.3 Å². The molecule has 0 fully saturated rings. The number of benzene rings is 1. The normalized spacial score (nSPS) is 11.6. The lowest BCUT2D eigenvalue weighted by Gasteiger charge is -2.24. The van der Waals surface area contributed by atoms with E-state index >= 15 is 0 Å². The lowest BCUT2D eigenvalue weighted by molar-refractivity contribution is 0.0285. The van der Waals surface area contributed by atoms with Gasteiger partial charge in [0.15, 0.2) is 0 Å². The van der Waals surface area contributed by atoms with Gasteiger partial charge in [0.05, 0.1) is 12.2 Å². The molecule has 0 bridgehead atoms. The Labute approximate surface area is 191 Å². The number of nitrogens with zero attached hydrogens (tertiary/aromatic N) is 4. The third-order valence-electron chi connectivity index (χ3n) is 4.53. The summed E-state index contributed by atoms with van der Waals surface area (Å²) in [4.78, 5) is 17.1. The Morgan fingerprint density at radius 1 is 1.24 bits per heavy atom. The fraction of sp³-hybridized carbons (Fsp3) is 0.261. The Hall–Kier alpha value is -3.71. The number of rotatable bonds is 5. The second kappa shape index (κ2) is 9.03. The van der Waals surface area contributed by atoms with E-state index in [1.54, 1.807) is 32.9 Å². The first-order valence-electron chi connectivity index (χ1n) is 9.95. The van der Waals surface area contributed by atoms with E-state index < -0.39 is 32.4 Å². The molecule has 3 rings (SSSR count). The number of carbonyl (C=O) groups is 1. The lowest BCUT2D eigenvalue weighted by atomic mass is 10.1. The molecular formula is C23H23FN4O4S. The molecule has 0 N–H and O–H groups in total. The number of aromatic nitrogens is 2. The zero-order valence-electron chi connectivity index (χ0n) is 18.6. The average molecular weight is 471 g/mol. The van der Waals surface area contributed by atoms with Gasteiger partial charge in [0, 0.05) is 25.0 Å². The number of pyridine rings is 1. The minimum absolute atomic E-state index is 0.00707. The van der Waals surface area contributed by atoms with Gasteiger partial charge >= 0.3 is 6.09 Å². The molecule has 0 spiro atoms. The molecule has 0 saturated heterocycles. The third-order valence-corrected chi connectivity index (χ3v) is 6.24. The molecule has 1 amide bonds. The predicted octanol–water partition coefficient (Wildman–Crippen LogP) is 4.16. The molecule has 2 aromatic heterocycles. The SMILES string of the molecule is CN(Cc1cc(-c2cccnc2C#N)n(S(=O)(=O)c2ccccc2F)c1)C(=O)OC(C)(C)C. The van der Waals surface area contributed by atoms with E-state index in [2.05, 4.69) is 4.98 Å². The third kappa shape index (κ3) is 5.21. The maximum absolute atomic E-state index is 14.4. The van der Waals surface area contributed by atoms with Crippen molar-refractivity contribution in [3.63, 3.8) is 0 Å². The molecule has 3 aromatic rings.